The number of nitrogens with two attached hydrogens (primary N) is 1. The minimum atomic E-state index is -0.935. The topological polar surface area (TPSA) is 101 Å². The van der Waals surface area contributed by atoms with E-state index < -0.39 is 35.6 Å². The molecule has 0 saturated carbocycles. The van der Waals surface area contributed by atoms with Crippen LogP contribution in [-0.4, -0.2) is 29.8 Å². The van der Waals surface area contributed by atoms with Gasteiger partial charge in [0.2, 0.25) is 17.7 Å². The number of hydrogen-bond acceptors (Lipinski definition) is 3. The summed E-state index contributed by atoms with van der Waals surface area (Å²) in [5.74, 6) is -2.07. The van der Waals surface area contributed by atoms with Gasteiger partial charge in [-0.15, -0.1) is 6.58 Å². The van der Waals surface area contributed by atoms with Crippen molar-refractivity contribution in [2.45, 2.75) is 38.3 Å². The van der Waals surface area contributed by atoms with Gasteiger partial charge in [-0.2, -0.15) is 0 Å². The monoisotopic (exact) mass is 335 g/mol. The molecular formula is C17H22FN3O3. The molecule has 0 aliphatic rings. The molecule has 0 aliphatic heterocycles. The third-order valence-corrected chi connectivity index (χ3v) is 3.34. The number of carbonyl (C=O) groups excluding carboxylic acids is 3. The van der Waals surface area contributed by atoms with Crippen LogP contribution >= 0.6 is 0 Å². The first-order valence-electron chi connectivity index (χ1n) is 7.55. The SMILES string of the molecule is C=CCC[C@@H](NC(=O)[C@@H](Cc1cccc(F)c1)NC(C)=O)C(N)=O. The van der Waals surface area contributed by atoms with Crippen LogP contribution in [0.5, 0.6) is 0 Å². The fraction of sp³-hybridized carbons (Fsp3) is 0.353. The van der Waals surface area contributed by atoms with Crippen molar-refractivity contribution >= 4 is 17.7 Å². The third kappa shape index (κ3) is 6.60. The molecule has 24 heavy (non-hydrogen) atoms. The number of primary amides is 1. The molecule has 0 aromatic heterocycles. The molecule has 4 N–H and O–H groups in total. The molecule has 0 spiro atoms. The molecule has 1 aromatic carbocycles. The van der Waals surface area contributed by atoms with Crippen LogP contribution in [0.25, 0.3) is 0 Å². The van der Waals surface area contributed by atoms with Gasteiger partial charge in [0.1, 0.15) is 17.9 Å². The molecule has 0 bridgehead atoms. The zero-order valence-corrected chi connectivity index (χ0v) is 13.5. The maximum atomic E-state index is 13.3. The van der Waals surface area contributed by atoms with E-state index in [0.29, 0.717) is 18.4 Å². The highest BCUT2D eigenvalue weighted by atomic mass is 19.1. The Morgan fingerprint density at radius 3 is 2.54 bits per heavy atom. The van der Waals surface area contributed by atoms with Crippen LogP contribution in [0.4, 0.5) is 4.39 Å². The fourth-order valence-electron chi connectivity index (χ4n) is 2.20. The Bertz CT molecular complexity index is 619. The summed E-state index contributed by atoms with van der Waals surface area (Å²) in [5, 5.41) is 5.02. The molecule has 2 atom stereocenters. The van der Waals surface area contributed by atoms with E-state index >= 15 is 0 Å². The van der Waals surface area contributed by atoms with E-state index in [9.17, 15) is 18.8 Å². The Hall–Kier alpha value is -2.70. The van der Waals surface area contributed by atoms with E-state index in [4.69, 9.17) is 5.73 Å². The first-order chi connectivity index (χ1) is 11.3. The summed E-state index contributed by atoms with van der Waals surface area (Å²) < 4.78 is 13.3. The molecule has 1 rings (SSSR count). The second-order valence-corrected chi connectivity index (χ2v) is 5.42. The molecule has 6 nitrogen and oxygen atoms in total. The smallest absolute Gasteiger partial charge is 0.243 e. The third-order valence-electron chi connectivity index (χ3n) is 3.34. The molecule has 0 heterocycles. The Kier molecular flexibility index (Phi) is 7.61. The quantitative estimate of drug-likeness (QED) is 0.582. The molecule has 0 fully saturated rings. The van der Waals surface area contributed by atoms with E-state index in [2.05, 4.69) is 17.2 Å². The normalized spacial score (nSPS) is 12.8. The van der Waals surface area contributed by atoms with Gasteiger partial charge in [-0.25, -0.2) is 4.39 Å². The number of halogens is 1. The van der Waals surface area contributed by atoms with Crippen molar-refractivity contribution in [3.05, 3.63) is 48.3 Å². The Morgan fingerprint density at radius 1 is 1.29 bits per heavy atom. The summed E-state index contributed by atoms with van der Waals surface area (Å²) in [6, 6.07) is 3.94. The van der Waals surface area contributed by atoms with Crippen molar-refractivity contribution in [2.75, 3.05) is 0 Å². The molecule has 3 amide bonds. The maximum absolute atomic E-state index is 13.3. The predicted molar refractivity (Wildman–Crippen MR) is 88.3 cm³/mol. The predicted octanol–water partition coefficient (Wildman–Crippen LogP) is 0.809. The van der Waals surface area contributed by atoms with Gasteiger partial charge in [0.15, 0.2) is 0 Å². The summed E-state index contributed by atoms with van der Waals surface area (Å²) in [7, 11) is 0. The highest BCUT2D eigenvalue weighted by molar-refractivity contribution is 5.91. The van der Waals surface area contributed by atoms with E-state index in [0.717, 1.165) is 0 Å². The van der Waals surface area contributed by atoms with Gasteiger partial charge in [0, 0.05) is 13.3 Å². The molecule has 0 aliphatic carbocycles. The average molecular weight is 335 g/mol. The van der Waals surface area contributed by atoms with Crippen LogP contribution in [0, 0.1) is 5.82 Å². The summed E-state index contributed by atoms with van der Waals surface area (Å²) in [5.41, 5.74) is 5.82. The molecule has 0 saturated heterocycles. The second kappa shape index (κ2) is 9.44. The van der Waals surface area contributed by atoms with E-state index in [1.807, 2.05) is 0 Å². The van der Waals surface area contributed by atoms with Crippen molar-refractivity contribution in [3.8, 4) is 0 Å². The first kappa shape index (κ1) is 19.3. The van der Waals surface area contributed by atoms with Crippen molar-refractivity contribution in [1.29, 1.82) is 0 Å². The lowest BCUT2D eigenvalue weighted by atomic mass is 10.0. The molecule has 0 unspecified atom stereocenters. The molecular weight excluding hydrogens is 313 g/mol. The molecule has 0 radical (unpaired) electrons. The van der Waals surface area contributed by atoms with Crippen molar-refractivity contribution in [3.63, 3.8) is 0 Å². The second-order valence-electron chi connectivity index (χ2n) is 5.42. The van der Waals surface area contributed by atoms with Gasteiger partial charge < -0.3 is 16.4 Å². The largest absolute Gasteiger partial charge is 0.368 e. The zero-order chi connectivity index (χ0) is 18.1. The average Bonchev–Trinajstić information content (AvgIpc) is 2.49. The van der Waals surface area contributed by atoms with Crippen LogP contribution in [0.3, 0.4) is 0 Å². The highest BCUT2D eigenvalue weighted by Crippen LogP contribution is 2.08. The van der Waals surface area contributed by atoms with Crippen molar-refractivity contribution in [2.24, 2.45) is 5.73 Å². The number of rotatable bonds is 9. The van der Waals surface area contributed by atoms with Gasteiger partial charge in [-0.05, 0) is 30.5 Å². The lowest BCUT2D eigenvalue weighted by molar-refractivity contribution is -0.130. The Balaban J connectivity index is 2.85. The van der Waals surface area contributed by atoms with Crippen LogP contribution in [0.2, 0.25) is 0 Å². The number of benzene rings is 1. The summed E-state index contributed by atoms with van der Waals surface area (Å²) in [4.78, 5) is 35.2. The molecule has 130 valence electrons. The molecule has 7 heteroatoms. The summed E-state index contributed by atoms with van der Waals surface area (Å²) in [6.45, 7) is 4.83. The van der Waals surface area contributed by atoms with Gasteiger partial charge in [0.05, 0.1) is 0 Å². The van der Waals surface area contributed by atoms with Crippen LogP contribution in [0.1, 0.15) is 25.3 Å². The molecule has 1 aromatic rings. The minimum absolute atomic E-state index is 0.0934. The minimum Gasteiger partial charge on any atom is -0.368 e. The van der Waals surface area contributed by atoms with E-state index in [1.165, 1.54) is 25.1 Å². The van der Waals surface area contributed by atoms with Gasteiger partial charge in [0.25, 0.3) is 0 Å². The number of carbonyl (C=O) groups is 3. The lowest BCUT2D eigenvalue weighted by Gasteiger charge is -2.21. The maximum Gasteiger partial charge on any atom is 0.243 e. The van der Waals surface area contributed by atoms with Gasteiger partial charge in [-0.1, -0.05) is 18.2 Å². The summed E-state index contributed by atoms with van der Waals surface area (Å²) in [6.07, 6.45) is 2.52. The van der Waals surface area contributed by atoms with E-state index in [1.54, 1.807) is 12.1 Å². The van der Waals surface area contributed by atoms with E-state index in [-0.39, 0.29) is 6.42 Å². The van der Waals surface area contributed by atoms with Crippen LogP contribution < -0.4 is 16.4 Å². The van der Waals surface area contributed by atoms with Crippen LogP contribution in [-0.2, 0) is 20.8 Å². The fourth-order valence-corrected chi connectivity index (χ4v) is 2.20. The number of hydrogen-bond donors (Lipinski definition) is 3. The first-order valence-corrected chi connectivity index (χ1v) is 7.55. The Morgan fingerprint density at radius 2 is 2.00 bits per heavy atom. The zero-order valence-electron chi connectivity index (χ0n) is 13.5. The standard InChI is InChI=1S/C17H22FN3O3/c1-3-4-8-14(16(19)23)21-17(24)15(20-11(2)22)10-12-6-5-7-13(18)9-12/h3,5-7,9,14-15H,1,4,8,10H2,2H3,(H2,19,23)(H,20,22)(H,21,24)/t14-,15-/m1/s1. The highest BCUT2D eigenvalue weighted by Gasteiger charge is 2.24. The van der Waals surface area contributed by atoms with Crippen LogP contribution in [0.15, 0.2) is 36.9 Å². The van der Waals surface area contributed by atoms with Gasteiger partial charge >= 0.3 is 0 Å². The number of nitrogens with one attached hydrogen (secondary N) is 2. The van der Waals surface area contributed by atoms with Crippen molar-refractivity contribution in [1.82, 2.24) is 10.6 Å². The van der Waals surface area contributed by atoms with Gasteiger partial charge in [-0.3, -0.25) is 14.4 Å². The van der Waals surface area contributed by atoms with Crippen molar-refractivity contribution < 1.29 is 18.8 Å². The number of amides is 3. The Labute approximate surface area is 140 Å². The lowest BCUT2D eigenvalue weighted by Crippen LogP contribution is -2.53. The summed E-state index contributed by atoms with van der Waals surface area (Å²) >= 11 is 0. The number of allylic oxidation sites excluding steroid dienone is 1.